The molecule has 0 bridgehead atoms. The molecule has 0 radical (unpaired) electrons. The fourth-order valence-electron chi connectivity index (χ4n) is 5.01. The molecule has 5 rings (SSSR count). The lowest BCUT2D eigenvalue weighted by Gasteiger charge is -2.23. The number of fused-ring (bicyclic) bond motifs is 2. The average Bonchev–Trinajstić information content (AvgIpc) is 3.25. The van der Waals surface area contributed by atoms with Crippen LogP contribution in [0, 0.1) is 18.8 Å². The van der Waals surface area contributed by atoms with E-state index < -0.39 is 6.10 Å². The summed E-state index contributed by atoms with van der Waals surface area (Å²) in [5, 5.41) is 23.2. The first kappa shape index (κ1) is 21.0. The number of rotatable bonds is 3. The molecule has 1 saturated carbocycles. The normalized spacial score (nSPS) is 26.2. The number of aliphatic hydroxyl groups excluding tert-OH is 2. The quantitative estimate of drug-likeness (QED) is 0.729. The number of hydrogen-bond acceptors (Lipinski definition) is 4. The summed E-state index contributed by atoms with van der Waals surface area (Å²) in [7, 11) is 0. The molecule has 160 valence electrons. The van der Waals surface area contributed by atoms with Crippen molar-refractivity contribution in [2.75, 3.05) is 25.0 Å². The number of likely N-dealkylation sites (tertiary alicyclic amines) is 1. The molecule has 2 fully saturated rings. The molecule has 2 aromatic rings. The maximum Gasteiger partial charge on any atom is 0.224 e. The number of β-amino-alcohol motifs (C(OH)–C–C–N with tert-alkyl or cyclic N) is 1. The van der Waals surface area contributed by atoms with Gasteiger partial charge in [-0.1, -0.05) is 48.0 Å². The lowest BCUT2D eigenvalue weighted by atomic mass is 9.98. The molecule has 5 heteroatoms. The van der Waals surface area contributed by atoms with Crippen LogP contribution < -0.4 is 5.32 Å². The Bertz CT molecular complexity index is 856. The van der Waals surface area contributed by atoms with Crippen molar-refractivity contribution in [2.24, 2.45) is 11.8 Å². The maximum atomic E-state index is 11.4. The molecule has 1 amide bonds. The van der Waals surface area contributed by atoms with Gasteiger partial charge in [-0.05, 0) is 55.2 Å². The van der Waals surface area contributed by atoms with Gasteiger partial charge < -0.3 is 15.5 Å². The number of nitrogens with zero attached hydrogens (tertiary/aromatic N) is 1. The summed E-state index contributed by atoms with van der Waals surface area (Å²) in [4.78, 5) is 13.7. The van der Waals surface area contributed by atoms with E-state index in [4.69, 9.17) is 0 Å². The molecule has 3 aliphatic rings. The minimum atomic E-state index is -0.498. The Morgan fingerprint density at radius 2 is 1.77 bits per heavy atom. The van der Waals surface area contributed by atoms with Crippen molar-refractivity contribution in [2.45, 2.75) is 44.8 Å². The summed E-state index contributed by atoms with van der Waals surface area (Å²) in [6.45, 7) is 4.70. The zero-order valence-corrected chi connectivity index (χ0v) is 17.6. The van der Waals surface area contributed by atoms with Gasteiger partial charge in [-0.2, -0.15) is 0 Å². The Morgan fingerprint density at radius 1 is 1.07 bits per heavy atom. The number of anilines is 1. The lowest BCUT2D eigenvalue weighted by molar-refractivity contribution is -0.116. The second-order valence-electron chi connectivity index (χ2n) is 9.00. The Morgan fingerprint density at radius 3 is 2.40 bits per heavy atom. The van der Waals surface area contributed by atoms with Gasteiger partial charge in [-0.25, -0.2) is 0 Å². The van der Waals surface area contributed by atoms with E-state index in [-0.39, 0.29) is 12.0 Å². The van der Waals surface area contributed by atoms with Crippen LogP contribution in [0.2, 0.25) is 0 Å². The zero-order chi connectivity index (χ0) is 21.1. The van der Waals surface area contributed by atoms with Gasteiger partial charge in [0.05, 0.1) is 12.2 Å². The highest BCUT2D eigenvalue weighted by Crippen LogP contribution is 2.38. The molecule has 1 aliphatic carbocycles. The minimum Gasteiger partial charge on any atom is -0.393 e. The zero-order valence-electron chi connectivity index (χ0n) is 17.6. The number of nitrogens with one attached hydrogen (secondary N) is 1. The smallest absolute Gasteiger partial charge is 0.224 e. The van der Waals surface area contributed by atoms with Crippen LogP contribution in [0.25, 0.3) is 0 Å². The Balaban J connectivity index is 0.000000265. The molecule has 3 unspecified atom stereocenters. The molecule has 5 nitrogen and oxygen atoms in total. The van der Waals surface area contributed by atoms with Gasteiger partial charge in [0.2, 0.25) is 5.91 Å². The third-order valence-electron chi connectivity index (χ3n) is 6.58. The number of aliphatic hydroxyl groups is 2. The number of carbonyl (C=O) groups is 1. The van der Waals surface area contributed by atoms with Crippen LogP contribution in [-0.2, 0) is 11.2 Å². The van der Waals surface area contributed by atoms with Crippen LogP contribution in [0.15, 0.2) is 48.5 Å². The highest BCUT2D eigenvalue weighted by Gasteiger charge is 2.40. The second kappa shape index (κ2) is 9.29. The number of carbonyl (C=O) groups excluding carboxylic acids is 1. The Hall–Kier alpha value is -2.21. The third kappa shape index (κ3) is 5.09. The van der Waals surface area contributed by atoms with E-state index in [1.165, 1.54) is 5.56 Å². The number of benzene rings is 2. The maximum absolute atomic E-state index is 11.4. The van der Waals surface area contributed by atoms with E-state index in [9.17, 15) is 15.0 Å². The van der Waals surface area contributed by atoms with Crippen LogP contribution in [0.3, 0.4) is 0 Å². The molecule has 3 N–H and O–H groups in total. The largest absolute Gasteiger partial charge is 0.393 e. The molecule has 30 heavy (non-hydrogen) atoms. The summed E-state index contributed by atoms with van der Waals surface area (Å²) in [5.41, 5.74) is 4.24. The summed E-state index contributed by atoms with van der Waals surface area (Å²) < 4.78 is 0. The van der Waals surface area contributed by atoms with E-state index in [0.29, 0.717) is 24.8 Å². The van der Waals surface area contributed by atoms with E-state index >= 15 is 0 Å². The number of hydrogen-bond donors (Lipinski definition) is 3. The molecule has 2 aliphatic heterocycles. The predicted molar refractivity (Wildman–Crippen MR) is 118 cm³/mol. The van der Waals surface area contributed by atoms with Crippen molar-refractivity contribution < 1.29 is 15.0 Å². The molecule has 2 heterocycles. The highest BCUT2D eigenvalue weighted by atomic mass is 16.3. The summed E-state index contributed by atoms with van der Waals surface area (Å²) in [6.07, 6.45) is 2.47. The van der Waals surface area contributed by atoms with Gasteiger partial charge in [0, 0.05) is 31.7 Å². The SMILES string of the molecule is Cc1ccccc1.O=C1CCc2cc(C(O)CN3CC4CC(O)CC4C3)ccc2N1. The van der Waals surface area contributed by atoms with Crippen molar-refractivity contribution in [1.82, 2.24) is 4.90 Å². The molecule has 3 atom stereocenters. The topological polar surface area (TPSA) is 72.8 Å². The molecule has 0 spiro atoms. The van der Waals surface area contributed by atoms with Crippen LogP contribution in [-0.4, -0.2) is 46.8 Å². The summed E-state index contributed by atoms with van der Waals surface area (Å²) >= 11 is 0. The van der Waals surface area contributed by atoms with Crippen molar-refractivity contribution in [3.8, 4) is 0 Å². The fourth-order valence-corrected chi connectivity index (χ4v) is 5.01. The van der Waals surface area contributed by atoms with Gasteiger partial charge in [-0.3, -0.25) is 9.69 Å². The first-order chi connectivity index (χ1) is 14.5. The number of amides is 1. The van der Waals surface area contributed by atoms with E-state index in [1.54, 1.807) is 0 Å². The highest BCUT2D eigenvalue weighted by molar-refractivity contribution is 5.93. The Labute approximate surface area is 178 Å². The third-order valence-corrected chi connectivity index (χ3v) is 6.58. The molecule has 0 aromatic heterocycles. The van der Waals surface area contributed by atoms with Crippen LogP contribution >= 0.6 is 0 Å². The van der Waals surface area contributed by atoms with Gasteiger partial charge in [0.25, 0.3) is 0 Å². The van der Waals surface area contributed by atoms with E-state index in [1.807, 2.05) is 36.4 Å². The van der Waals surface area contributed by atoms with Gasteiger partial charge in [0.15, 0.2) is 0 Å². The van der Waals surface area contributed by atoms with Crippen LogP contribution in [0.5, 0.6) is 0 Å². The van der Waals surface area contributed by atoms with Crippen molar-refractivity contribution in [3.05, 3.63) is 65.2 Å². The monoisotopic (exact) mass is 408 g/mol. The predicted octanol–water partition coefficient (Wildman–Crippen LogP) is 3.30. The van der Waals surface area contributed by atoms with Crippen molar-refractivity contribution in [1.29, 1.82) is 0 Å². The van der Waals surface area contributed by atoms with E-state index in [2.05, 4.69) is 29.3 Å². The number of aryl methyl sites for hydroxylation is 2. The van der Waals surface area contributed by atoms with Crippen molar-refractivity contribution >= 4 is 11.6 Å². The first-order valence-electron chi connectivity index (χ1n) is 11.0. The van der Waals surface area contributed by atoms with Crippen molar-refractivity contribution in [3.63, 3.8) is 0 Å². The molecule has 2 aromatic carbocycles. The van der Waals surface area contributed by atoms with Gasteiger partial charge in [-0.15, -0.1) is 0 Å². The lowest BCUT2D eigenvalue weighted by Crippen LogP contribution is -2.28. The fraction of sp³-hybridized carbons (Fsp3) is 0.480. The van der Waals surface area contributed by atoms with E-state index in [0.717, 1.165) is 49.2 Å². The van der Waals surface area contributed by atoms with Crippen LogP contribution in [0.4, 0.5) is 5.69 Å². The standard InChI is InChI=1S/C18H24N2O3.C7H8/c21-15-6-13-8-20(9-14(13)7-15)10-17(22)12-1-3-16-11(5-12)2-4-18(23)19-16;1-7-5-3-2-4-6-7/h1,3,5,13-15,17,21-22H,2,4,6-10H2,(H,19,23);2-6H,1H3. The molecular formula is C25H32N2O3. The summed E-state index contributed by atoms with van der Waals surface area (Å²) in [5.74, 6) is 1.25. The minimum absolute atomic E-state index is 0.0663. The Kier molecular flexibility index (Phi) is 6.52. The van der Waals surface area contributed by atoms with Gasteiger partial charge in [0.1, 0.15) is 0 Å². The molecule has 1 saturated heterocycles. The molecular weight excluding hydrogens is 376 g/mol. The van der Waals surface area contributed by atoms with Gasteiger partial charge >= 0.3 is 0 Å². The van der Waals surface area contributed by atoms with Crippen LogP contribution in [0.1, 0.15) is 42.1 Å². The first-order valence-corrected chi connectivity index (χ1v) is 11.0. The second-order valence-corrected chi connectivity index (χ2v) is 9.00. The average molecular weight is 409 g/mol. The summed E-state index contributed by atoms with van der Waals surface area (Å²) in [6, 6.07) is 16.1.